The number of aromatic amines is 1. The molecule has 2 rings (SSSR count). The summed E-state index contributed by atoms with van der Waals surface area (Å²) in [6, 6.07) is 6.38. The average Bonchev–Trinajstić information content (AvgIpc) is 2.75. The quantitative estimate of drug-likeness (QED) is 0.875. The number of hydrogen-bond donors (Lipinski definition) is 2. The van der Waals surface area contributed by atoms with Crippen molar-refractivity contribution >= 4 is 0 Å². The van der Waals surface area contributed by atoms with Gasteiger partial charge in [-0.1, -0.05) is 0 Å². The van der Waals surface area contributed by atoms with Crippen molar-refractivity contribution < 1.29 is 4.39 Å². The van der Waals surface area contributed by atoms with Gasteiger partial charge in [0.05, 0.1) is 18.4 Å². The van der Waals surface area contributed by atoms with Crippen molar-refractivity contribution in [3.8, 4) is 11.3 Å². The molecule has 0 bridgehead atoms. The topological polar surface area (TPSA) is 40.7 Å². The van der Waals surface area contributed by atoms with Crippen LogP contribution in [-0.2, 0) is 6.54 Å². The van der Waals surface area contributed by atoms with Crippen LogP contribution in [-0.4, -0.2) is 15.5 Å². The minimum absolute atomic E-state index is 0.0584. The first-order chi connectivity index (χ1) is 8.44. The smallest absolute Gasteiger partial charge is 0.123 e. The van der Waals surface area contributed by atoms with Gasteiger partial charge in [-0.15, -0.1) is 0 Å². The number of nitrogens with one attached hydrogen (secondary N) is 2. The second-order valence-electron chi connectivity index (χ2n) is 5.35. The van der Waals surface area contributed by atoms with Crippen LogP contribution in [0.15, 0.2) is 30.5 Å². The molecule has 2 aromatic rings. The van der Waals surface area contributed by atoms with Crippen molar-refractivity contribution in [2.75, 3.05) is 0 Å². The van der Waals surface area contributed by atoms with Gasteiger partial charge in [0.1, 0.15) is 11.6 Å². The van der Waals surface area contributed by atoms with Crippen molar-refractivity contribution in [1.82, 2.24) is 15.3 Å². The minimum atomic E-state index is -0.229. The van der Waals surface area contributed by atoms with Crippen LogP contribution < -0.4 is 5.32 Å². The van der Waals surface area contributed by atoms with Gasteiger partial charge in [0, 0.05) is 5.54 Å². The fraction of sp³-hybridized carbons (Fsp3) is 0.357. The Bertz CT molecular complexity index is 509. The Hall–Kier alpha value is -1.68. The van der Waals surface area contributed by atoms with Crippen molar-refractivity contribution in [2.24, 2.45) is 0 Å². The number of H-pyrrole nitrogens is 1. The Kier molecular flexibility index (Phi) is 3.48. The van der Waals surface area contributed by atoms with E-state index in [9.17, 15) is 4.39 Å². The molecule has 1 aromatic heterocycles. The van der Waals surface area contributed by atoms with E-state index in [0.29, 0.717) is 6.54 Å². The highest BCUT2D eigenvalue weighted by Gasteiger charge is 2.10. The normalized spacial score (nSPS) is 11.8. The molecule has 0 saturated carbocycles. The third-order valence-electron chi connectivity index (χ3n) is 2.57. The van der Waals surface area contributed by atoms with Gasteiger partial charge >= 0.3 is 0 Å². The Labute approximate surface area is 106 Å². The molecule has 0 aliphatic heterocycles. The largest absolute Gasteiger partial charge is 0.341 e. The van der Waals surface area contributed by atoms with Gasteiger partial charge in [-0.3, -0.25) is 0 Å². The lowest BCUT2D eigenvalue weighted by Crippen LogP contribution is -2.35. The van der Waals surface area contributed by atoms with Gasteiger partial charge in [-0.25, -0.2) is 9.37 Å². The van der Waals surface area contributed by atoms with Crippen LogP contribution in [0.4, 0.5) is 4.39 Å². The average molecular weight is 247 g/mol. The monoisotopic (exact) mass is 247 g/mol. The maximum absolute atomic E-state index is 12.8. The lowest BCUT2D eigenvalue weighted by molar-refractivity contribution is 0.418. The minimum Gasteiger partial charge on any atom is -0.341 e. The molecule has 0 aliphatic carbocycles. The lowest BCUT2D eigenvalue weighted by atomic mass is 10.1. The molecule has 0 unspecified atom stereocenters. The number of benzene rings is 1. The number of halogens is 1. The first-order valence-corrected chi connectivity index (χ1v) is 5.99. The van der Waals surface area contributed by atoms with Gasteiger partial charge in [0.2, 0.25) is 0 Å². The van der Waals surface area contributed by atoms with E-state index >= 15 is 0 Å². The van der Waals surface area contributed by atoms with Gasteiger partial charge in [-0.05, 0) is 50.6 Å². The van der Waals surface area contributed by atoms with Crippen LogP contribution in [0.2, 0.25) is 0 Å². The van der Waals surface area contributed by atoms with E-state index in [1.165, 1.54) is 12.1 Å². The van der Waals surface area contributed by atoms with Crippen molar-refractivity contribution in [3.63, 3.8) is 0 Å². The summed E-state index contributed by atoms with van der Waals surface area (Å²) in [6.45, 7) is 7.01. The predicted octanol–water partition coefficient (Wildman–Crippen LogP) is 3.10. The molecule has 0 fully saturated rings. The highest BCUT2D eigenvalue weighted by atomic mass is 19.1. The van der Waals surface area contributed by atoms with Gasteiger partial charge < -0.3 is 10.3 Å². The maximum Gasteiger partial charge on any atom is 0.123 e. The summed E-state index contributed by atoms with van der Waals surface area (Å²) >= 11 is 0. The highest BCUT2D eigenvalue weighted by molar-refractivity contribution is 5.58. The molecule has 0 aliphatic rings. The van der Waals surface area contributed by atoms with Crippen molar-refractivity contribution in [3.05, 3.63) is 42.1 Å². The second-order valence-corrected chi connectivity index (χ2v) is 5.35. The summed E-state index contributed by atoms with van der Waals surface area (Å²) in [4.78, 5) is 7.53. The second kappa shape index (κ2) is 4.90. The molecule has 18 heavy (non-hydrogen) atoms. The first-order valence-electron chi connectivity index (χ1n) is 5.99. The molecule has 1 aromatic carbocycles. The Morgan fingerprint density at radius 2 is 1.89 bits per heavy atom. The lowest BCUT2D eigenvalue weighted by Gasteiger charge is -2.19. The molecule has 0 amide bonds. The van der Waals surface area contributed by atoms with E-state index in [1.807, 2.05) is 0 Å². The van der Waals surface area contributed by atoms with E-state index < -0.39 is 0 Å². The molecule has 4 heteroatoms. The highest BCUT2D eigenvalue weighted by Crippen LogP contribution is 2.17. The molecule has 0 atom stereocenters. The molecule has 0 radical (unpaired) electrons. The SMILES string of the molecule is CC(C)(C)NCc1ncc(-c2ccc(F)cc2)[nH]1. The summed E-state index contributed by atoms with van der Waals surface area (Å²) in [5.74, 6) is 0.650. The van der Waals surface area contributed by atoms with E-state index in [-0.39, 0.29) is 11.4 Å². The summed E-state index contributed by atoms with van der Waals surface area (Å²) in [7, 11) is 0. The number of nitrogens with zero attached hydrogens (tertiary/aromatic N) is 1. The third kappa shape index (κ3) is 3.40. The molecular weight excluding hydrogens is 229 g/mol. The van der Waals surface area contributed by atoms with Crippen LogP contribution >= 0.6 is 0 Å². The molecular formula is C14H18FN3. The van der Waals surface area contributed by atoms with Crippen LogP contribution in [0.25, 0.3) is 11.3 Å². The molecule has 0 spiro atoms. The summed E-state index contributed by atoms with van der Waals surface area (Å²) in [5.41, 5.74) is 1.90. The van der Waals surface area contributed by atoms with Crippen LogP contribution in [0.5, 0.6) is 0 Å². The fourth-order valence-corrected chi connectivity index (χ4v) is 1.58. The van der Waals surface area contributed by atoms with Crippen LogP contribution in [0, 0.1) is 5.82 Å². The maximum atomic E-state index is 12.8. The summed E-state index contributed by atoms with van der Waals surface area (Å²) < 4.78 is 12.8. The summed E-state index contributed by atoms with van der Waals surface area (Å²) in [5, 5.41) is 3.36. The standard InChI is InChI=1S/C14H18FN3/c1-14(2,3)17-9-13-16-8-12(18-13)10-4-6-11(15)7-5-10/h4-8,17H,9H2,1-3H3,(H,16,18). The Morgan fingerprint density at radius 1 is 1.22 bits per heavy atom. The number of imidazole rings is 1. The van der Waals surface area contributed by atoms with Crippen LogP contribution in [0.3, 0.4) is 0 Å². The Morgan fingerprint density at radius 3 is 2.50 bits per heavy atom. The first kappa shape index (κ1) is 12.8. The molecule has 96 valence electrons. The van der Waals surface area contributed by atoms with Gasteiger partial charge in [-0.2, -0.15) is 0 Å². The zero-order valence-electron chi connectivity index (χ0n) is 10.9. The molecule has 3 nitrogen and oxygen atoms in total. The number of hydrogen-bond acceptors (Lipinski definition) is 2. The molecule has 0 saturated heterocycles. The van der Waals surface area contributed by atoms with E-state index in [2.05, 4.69) is 36.1 Å². The van der Waals surface area contributed by atoms with E-state index in [0.717, 1.165) is 17.1 Å². The fourth-order valence-electron chi connectivity index (χ4n) is 1.58. The molecule has 2 N–H and O–H groups in total. The number of aromatic nitrogens is 2. The number of rotatable bonds is 3. The third-order valence-corrected chi connectivity index (χ3v) is 2.57. The predicted molar refractivity (Wildman–Crippen MR) is 70.6 cm³/mol. The Balaban J connectivity index is 2.08. The van der Waals surface area contributed by atoms with Crippen molar-refractivity contribution in [2.45, 2.75) is 32.9 Å². The van der Waals surface area contributed by atoms with E-state index in [4.69, 9.17) is 0 Å². The zero-order chi connectivity index (χ0) is 13.2. The van der Waals surface area contributed by atoms with Gasteiger partial charge in [0.25, 0.3) is 0 Å². The summed E-state index contributed by atoms with van der Waals surface area (Å²) in [6.07, 6.45) is 1.77. The van der Waals surface area contributed by atoms with E-state index in [1.54, 1.807) is 18.3 Å². The zero-order valence-corrected chi connectivity index (χ0v) is 10.9. The van der Waals surface area contributed by atoms with Gasteiger partial charge in [0.15, 0.2) is 0 Å². The van der Waals surface area contributed by atoms with Crippen molar-refractivity contribution in [1.29, 1.82) is 0 Å². The molecule has 1 heterocycles. The van der Waals surface area contributed by atoms with Crippen LogP contribution in [0.1, 0.15) is 26.6 Å².